The van der Waals surface area contributed by atoms with Crippen LogP contribution in [-0.4, -0.2) is 46.1 Å². The monoisotopic (exact) mass is 310 g/mol. The standard InChI is InChI=1S/C14H18N2O2S2/c1-10(16(2)13(18)9-19-8-7-17)14-15-11-5-3-4-6-12(11)20-14/h3-6,10,17H,7-9H2,1-2H3/t10-/m1/s1. The number of carbonyl (C=O) groups excluding carboxylic acids is 1. The van der Waals surface area contributed by atoms with Crippen LogP contribution in [0.4, 0.5) is 0 Å². The minimum atomic E-state index is -0.0328. The van der Waals surface area contributed by atoms with Crippen molar-refractivity contribution in [1.29, 1.82) is 0 Å². The Hall–Kier alpha value is -1.11. The van der Waals surface area contributed by atoms with E-state index in [0.29, 0.717) is 11.5 Å². The lowest BCUT2D eigenvalue weighted by atomic mass is 10.3. The van der Waals surface area contributed by atoms with Crippen LogP contribution in [0.15, 0.2) is 24.3 Å². The molecule has 0 radical (unpaired) electrons. The Morgan fingerprint density at radius 2 is 2.25 bits per heavy atom. The molecule has 1 aromatic heterocycles. The van der Waals surface area contributed by atoms with Crippen LogP contribution < -0.4 is 0 Å². The molecule has 0 spiro atoms. The normalized spacial score (nSPS) is 12.6. The van der Waals surface area contributed by atoms with E-state index in [1.807, 2.05) is 31.2 Å². The van der Waals surface area contributed by atoms with Gasteiger partial charge in [-0.2, -0.15) is 0 Å². The topological polar surface area (TPSA) is 53.4 Å². The van der Waals surface area contributed by atoms with Gasteiger partial charge in [0.15, 0.2) is 0 Å². The summed E-state index contributed by atoms with van der Waals surface area (Å²) in [5.41, 5.74) is 0.981. The fraction of sp³-hybridized carbons (Fsp3) is 0.429. The first-order valence-electron chi connectivity index (χ1n) is 6.43. The number of aromatic nitrogens is 1. The van der Waals surface area contributed by atoms with Crippen LogP contribution in [0.25, 0.3) is 10.2 Å². The molecule has 0 fully saturated rings. The van der Waals surface area contributed by atoms with E-state index in [2.05, 4.69) is 4.98 Å². The fourth-order valence-corrected chi connectivity index (χ4v) is 3.49. The molecular weight excluding hydrogens is 292 g/mol. The summed E-state index contributed by atoms with van der Waals surface area (Å²) < 4.78 is 1.14. The Balaban J connectivity index is 2.05. The molecule has 1 N–H and O–H groups in total. The van der Waals surface area contributed by atoms with Gasteiger partial charge < -0.3 is 10.0 Å². The number of aliphatic hydroxyl groups excluding tert-OH is 1. The first-order valence-corrected chi connectivity index (χ1v) is 8.40. The zero-order valence-corrected chi connectivity index (χ0v) is 13.2. The third kappa shape index (κ3) is 3.50. The molecule has 0 saturated carbocycles. The van der Waals surface area contributed by atoms with Gasteiger partial charge in [0.2, 0.25) is 5.91 Å². The summed E-state index contributed by atoms with van der Waals surface area (Å²) in [4.78, 5) is 18.4. The molecular formula is C14H18N2O2S2. The molecule has 0 aliphatic rings. The van der Waals surface area contributed by atoms with Crippen LogP contribution in [0.2, 0.25) is 0 Å². The van der Waals surface area contributed by atoms with Gasteiger partial charge >= 0.3 is 0 Å². The van der Waals surface area contributed by atoms with Crippen molar-refractivity contribution in [2.24, 2.45) is 0 Å². The highest BCUT2D eigenvalue weighted by atomic mass is 32.2. The molecule has 2 aromatic rings. The zero-order valence-electron chi connectivity index (χ0n) is 11.6. The SMILES string of the molecule is C[C@H](c1nc2ccccc2s1)N(C)C(=O)CSCCO. The lowest BCUT2D eigenvalue weighted by Gasteiger charge is -2.23. The summed E-state index contributed by atoms with van der Waals surface area (Å²) in [7, 11) is 1.80. The van der Waals surface area contributed by atoms with Gasteiger partial charge in [0.1, 0.15) is 5.01 Å². The maximum absolute atomic E-state index is 12.0. The van der Waals surface area contributed by atoms with E-state index in [9.17, 15) is 4.79 Å². The molecule has 0 bridgehead atoms. The number of fused-ring (bicyclic) bond motifs is 1. The molecule has 1 aromatic carbocycles. The van der Waals surface area contributed by atoms with Crippen molar-refractivity contribution in [3.05, 3.63) is 29.3 Å². The minimum absolute atomic E-state index is 0.0328. The van der Waals surface area contributed by atoms with Crippen molar-refractivity contribution in [2.75, 3.05) is 25.2 Å². The first-order chi connectivity index (χ1) is 9.63. The van der Waals surface area contributed by atoms with E-state index >= 15 is 0 Å². The summed E-state index contributed by atoms with van der Waals surface area (Å²) in [6, 6.07) is 7.96. The maximum Gasteiger partial charge on any atom is 0.232 e. The van der Waals surface area contributed by atoms with Crippen LogP contribution in [0, 0.1) is 0 Å². The average molecular weight is 310 g/mol. The summed E-state index contributed by atoms with van der Waals surface area (Å²) in [6.07, 6.45) is 0. The van der Waals surface area contributed by atoms with Crippen molar-refractivity contribution in [3.63, 3.8) is 0 Å². The van der Waals surface area contributed by atoms with E-state index < -0.39 is 0 Å². The van der Waals surface area contributed by atoms with Crippen LogP contribution in [0.1, 0.15) is 18.0 Å². The number of aliphatic hydroxyl groups is 1. The molecule has 2 rings (SSSR count). The van der Waals surface area contributed by atoms with Gasteiger partial charge in [-0.3, -0.25) is 4.79 Å². The summed E-state index contributed by atoms with van der Waals surface area (Å²) >= 11 is 3.08. The van der Waals surface area contributed by atoms with E-state index in [4.69, 9.17) is 5.11 Å². The van der Waals surface area contributed by atoms with Gasteiger partial charge in [-0.05, 0) is 19.1 Å². The van der Waals surface area contributed by atoms with Gasteiger partial charge in [0.25, 0.3) is 0 Å². The Bertz CT molecular complexity index is 552. The molecule has 20 heavy (non-hydrogen) atoms. The van der Waals surface area contributed by atoms with Crippen LogP contribution >= 0.6 is 23.1 Å². The quantitative estimate of drug-likeness (QED) is 0.833. The summed E-state index contributed by atoms with van der Waals surface area (Å²) in [5.74, 6) is 1.05. The number of benzene rings is 1. The summed E-state index contributed by atoms with van der Waals surface area (Å²) in [6.45, 7) is 2.10. The number of carbonyl (C=O) groups is 1. The number of hydrogen-bond acceptors (Lipinski definition) is 5. The summed E-state index contributed by atoms with van der Waals surface area (Å²) in [5, 5.41) is 9.68. The van der Waals surface area contributed by atoms with E-state index in [-0.39, 0.29) is 18.6 Å². The average Bonchev–Trinajstić information content (AvgIpc) is 2.89. The molecule has 6 heteroatoms. The third-order valence-electron chi connectivity index (χ3n) is 3.10. The highest BCUT2D eigenvalue weighted by Gasteiger charge is 2.20. The third-order valence-corrected chi connectivity index (χ3v) is 5.23. The van der Waals surface area contributed by atoms with Gasteiger partial charge in [0, 0.05) is 12.8 Å². The number of rotatable bonds is 6. The molecule has 108 valence electrons. The molecule has 0 unspecified atom stereocenters. The Morgan fingerprint density at radius 3 is 2.95 bits per heavy atom. The van der Waals surface area contributed by atoms with Crippen LogP contribution in [0.3, 0.4) is 0 Å². The lowest BCUT2D eigenvalue weighted by molar-refractivity contribution is -0.128. The number of thioether (sulfide) groups is 1. The van der Waals surface area contributed by atoms with Crippen LogP contribution in [-0.2, 0) is 4.79 Å². The lowest BCUT2D eigenvalue weighted by Crippen LogP contribution is -2.31. The minimum Gasteiger partial charge on any atom is -0.396 e. The predicted molar refractivity (Wildman–Crippen MR) is 85.2 cm³/mol. The van der Waals surface area contributed by atoms with Gasteiger partial charge in [-0.15, -0.1) is 23.1 Å². The van der Waals surface area contributed by atoms with Crippen molar-refractivity contribution in [2.45, 2.75) is 13.0 Å². The number of amides is 1. The van der Waals surface area contributed by atoms with E-state index in [1.54, 1.807) is 23.3 Å². The fourth-order valence-electron chi connectivity index (χ4n) is 1.78. The molecule has 0 aliphatic carbocycles. The number of thiazole rings is 1. The van der Waals surface area contributed by atoms with Crippen LogP contribution in [0.5, 0.6) is 0 Å². The molecule has 1 atom stereocenters. The molecule has 1 amide bonds. The molecule has 1 heterocycles. The van der Waals surface area contributed by atoms with Gasteiger partial charge in [-0.1, -0.05) is 12.1 Å². The second-order valence-electron chi connectivity index (χ2n) is 4.48. The number of para-hydroxylation sites is 1. The largest absolute Gasteiger partial charge is 0.396 e. The van der Waals surface area contributed by atoms with Gasteiger partial charge in [-0.25, -0.2) is 4.98 Å². The Morgan fingerprint density at radius 1 is 1.50 bits per heavy atom. The predicted octanol–water partition coefficient (Wildman–Crippen LogP) is 2.54. The second kappa shape index (κ2) is 7.06. The van der Waals surface area contributed by atoms with Crippen molar-refractivity contribution >= 4 is 39.2 Å². The molecule has 0 saturated heterocycles. The van der Waals surface area contributed by atoms with Crippen molar-refractivity contribution in [3.8, 4) is 0 Å². The number of hydrogen-bond donors (Lipinski definition) is 1. The Labute approximate surface area is 126 Å². The first kappa shape index (κ1) is 15.3. The van der Waals surface area contributed by atoms with Crippen molar-refractivity contribution in [1.82, 2.24) is 9.88 Å². The molecule has 4 nitrogen and oxygen atoms in total. The maximum atomic E-state index is 12.0. The second-order valence-corrected chi connectivity index (χ2v) is 6.64. The van der Waals surface area contributed by atoms with E-state index in [0.717, 1.165) is 15.2 Å². The van der Waals surface area contributed by atoms with E-state index in [1.165, 1.54) is 11.8 Å². The Kier molecular flexibility index (Phi) is 5.39. The van der Waals surface area contributed by atoms with Crippen molar-refractivity contribution < 1.29 is 9.90 Å². The van der Waals surface area contributed by atoms with Gasteiger partial charge in [0.05, 0.1) is 28.6 Å². The highest BCUT2D eigenvalue weighted by molar-refractivity contribution is 7.99. The number of nitrogens with zero attached hydrogens (tertiary/aromatic N) is 2. The zero-order chi connectivity index (χ0) is 14.5. The smallest absolute Gasteiger partial charge is 0.232 e. The highest BCUT2D eigenvalue weighted by Crippen LogP contribution is 2.28. The molecule has 0 aliphatic heterocycles.